The van der Waals surface area contributed by atoms with E-state index in [2.05, 4.69) is 349 Å². The Hall–Kier alpha value is -11.8. The maximum absolute atomic E-state index is 7.31. The molecule has 91 heavy (non-hydrogen) atoms. The molecule has 1 aliphatic heterocycles. The molecule has 0 radical (unpaired) electrons. The highest BCUT2D eigenvalue weighted by Gasteiger charge is 2.52. The van der Waals surface area contributed by atoms with Crippen LogP contribution in [0.4, 0.5) is 17.1 Å². The molecule has 2 aliphatic carbocycles. The summed E-state index contributed by atoms with van der Waals surface area (Å²) in [5.74, 6) is 1.83. The van der Waals surface area contributed by atoms with Crippen LogP contribution < -0.4 is 9.64 Å². The van der Waals surface area contributed by atoms with Crippen molar-refractivity contribution in [2.24, 2.45) is 0 Å². The van der Waals surface area contributed by atoms with Gasteiger partial charge in [0.25, 0.3) is 0 Å². The van der Waals surface area contributed by atoms with Gasteiger partial charge in [-0.15, -0.1) is 0 Å². The van der Waals surface area contributed by atoms with Gasteiger partial charge in [-0.05, 0) is 155 Å². The summed E-state index contributed by atoms with van der Waals surface area (Å²) in [5, 5.41) is 7.01. The minimum Gasteiger partial charge on any atom is -0.455 e. The van der Waals surface area contributed by atoms with Gasteiger partial charge in [0, 0.05) is 55.4 Å². The van der Waals surface area contributed by atoms with Crippen LogP contribution in [0.15, 0.2) is 340 Å². The second-order valence-corrected chi connectivity index (χ2v) is 24.6. The van der Waals surface area contributed by atoms with Crippen molar-refractivity contribution in [1.29, 1.82) is 0 Å². The molecule has 2 heterocycles. The van der Waals surface area contributed by atoms with Crippen molar-refractivity contribution in [3.8, 4) is 61.7 Å². The van der Waals surface area contributed by atoms with Gasteiger partial charge in [0.1, 0.15) is 11.5 Å². The molecule has 3 aliphatic rings. The fourth-order valence-electron chi connectivity index (χ4n) is 16.2. The summed E-state index contributed by atoms with van der Waals surface area (Å²) in [6, 6.07) is 126. The molecule has 0 saturated heterocycles. The van der Waals surface area contributed by atoms with E-state index in [0.29, 0.717) is 0 Å². The molecular weight excluding hydrogens is 1100 g/mol. The lowest BCUT2D eigenvalue weighted by molar-refractivity contribution is 0.447. The quantitative estimate of drug-likeness (QED) is 0.151. The highest BCUT2D eigenvalue weighted by atomic mass is 16.5. The average molecular weight is 1160 g/mol. The minimum atomic E-state index is -0.657. The van der Waals surface area contributed by atoms with E-state index < -0.39 is 10.8 Å². The van der Waals surface area contributed by atoms with Crippen LogP contribution in [0.2, 0.25) is 0 Å². The smallest absolute Gasteiger partial charge is 0.140 e. The SMILES string of the molecule is c1ccc(-n2c3ccccc3c3ccc(-c4ccc(N(c5ccc(-c6ccc7c(c6)C6(c8ccccc8-7)c7ccc8ccccc8c7Oc7c6ccc6ccccc76)cc5)c5ccc6c(c5)C(c5ccccc5)(c5ccccc5)c5ccccc5-6)cc4)cc32)cc1. The topological polar surface area (TPSA) is 17.4 Å². The van der Waals surface area contributed by atoms with Gasteiger partial charge in [-0.1, -0.05) is 273 Å². The highest BCUT2D eigenvalue weighted by Crippen LogP contribution is 2.65. The van der Waals surface area contributed by atoms with E-state index in [-0.39, 0.29) is 0 Å². The number of benzene rings is 15. The Labute approximate surface area is 528 Å². The summed E-state index contributed by atoms with van der Waals surface area (Å²) in [6.45, 7) is 0. The number of hydrogen-bond donors (Lipinski definition) is 0. The molecule has 0 bridgehead atoms. The number of para-hydroxylation sites is 2. The molecule has 3 nitrogen and oxygen atoms in total. The van der Waals surface area contributed by atoms with Gasteiger partial charge in [0.15, 0.2) is 0 Å². The van der Waals surface area contributed by atoms with Gasteiger partial charge in [-0.2, -0.15) is 0 Å². The maximum atomic E-state index is 7.31. The predicted molar refractivity (Wildman–Crippen MR) is 376 cm³/mol. The first-order chi connectivity index (χ1) is 45.1. The van der Waals surface area contributed by atoms with E-state index in [0.717, 1.165) is 89.2 Å². The summed E-state index contributed by atoms with van der Waals surface area (Å²) >= 11 is 0. The summed E-state index contributed by atoms with van der Waals surface area (Å²) in [7, 11) is 0. The molecule has 0 atom stereocenters. The van der Waals surface area contributed by atoms with Crippen LogP contribution in [0, 0.1) is 0 Å². The van der Waals surface area contributed by atoms with Crippen molar-refractivity contribution >= 4 is 60.4 Å². The molecule has 16 aromatic rings. The predicted octanol–water partition coefficient (Wildman–Crippen LogP) is 22.7. The van der Waals surface area contributed by atoms with E-state index >= 15 is 0 Å². The number of ether oxygens (including phenoxy) is 1. The minimum absolute atomic E-state index is 0.568. The lowest BCUT2D eigenvalue weighted by atomic mass is 9.65. The summed E-state index contributed by atoms with van der Waals surface area (Å²) in [6.07, 6.45) is 0. The second kappa shape index (κ2) is 19.9. The van der Waals surface area contributed by atoms with E-state index in [4.69, 9.17) is 4.74 Å². The Morgan fingerprint density at radius 2 is 0.681 bits per heavy atom. The third-order valence-corrected chi connectivity index (χ3v) is 20.1. The monoisotopic (exact) mass is 1160 g/mol. The summed E-state index contributed by atoms with van der Waals surface area (Å²) in [5.41, 5.74) is 25.0. The Morgan fingerprint density at radius 1 is 0.253 bits per heavy atom. The molecule has 0 amide bonds. The van der Waals surface area contributed by atoms with Crippen molar-refractivity contribution in [3.05, 3.63) is 384 Å². The van der Waals surface area contributed by atoms with Crippen molar-refractivity contribution in [2.45, 2.75) is 10.8 Å². The number of nitrogens with zero attached hydrogens (tertiary/aromatic N) is 2. The van der Waals surface area contributed by atoms with Crippen molar-refractivity contribution in [3.63, 3.8) is 0 Å². The molecule has 15 aromatic carbocycles. The van der Waals surface area contributed by atoms with Crippen molar-refractivity contribution in [1.82, 2.24) is 4.57 Å². The average Bonchev–Trinajstić information content (AvgIpc) is 1.60. The molecule has 19 rings (SSSR count). The maximum Gasteiger partial charge on any atom is 0.140 e. The fraction of sp³-hybridized carbons (Fsp3) is 0.0227. The van der Waals surface area contributed by atoms with Crippen molar-refractivity contribution in [2.75, 3.05) is 4.90 Å². The Balaban J connectivity index is 0.781. The second-order valence-electron chi connectivity index (χ2n) is 24.6. The normalized spacial score (nSPS) is 13.5. The zero-order valence-electron chi connectivity index (χ0n) is 49.6. The van der Waals surface area contributed by atoms with E-state index in [1.165, 1.54) is 77.4 Å². The largest absolute Gasteiger partial charge is 0.455 e. The summed E-state index contributed by atoms with van der Waals surface area (Å²) < 4.78 is 9.71. The zero-order valence-corrected chi connectivity index (χ0v) is 49.6. The molecule has 1 spiro atoms. The molecule has 0 unspecified atom stereocenters. The number of rotatable bonds is 8. The van der Waals surface area contributed by atoms with Crippen LogP contribution in [-0.2, 0) is 10.8 Å². The standard InChI is InChI=1S/C88H56N2O/c1-4-22-63(23-5-1)87(64-24-6-2-7-25-64)77-33-17-14-30-71(77)74-51-48-68(56-82(74)87)89(67-46-38-58(39-47-67)62-41-50-76-75-32-16-19-35-83(75)90(84(76)55-62)65-26-8-3-9-27-65)66-44-36-57(37-45-66)61-40-49-73-72-31-15-18-34-78(72)88(81(73)54-61)79-52-42-59-20-10-12-28-69(59)85(79)91-86-70-29-13-11-21-60(70)43-53-80(86)88/h1-56H. The van der Waals surface area contributed by atoms with Gasteiger partial charge in [-0.3, -0.25) is 0 Å². The highest BCUT2D eigenvalue weighted by molar-refractivity contribution is 6.10. The number of aromatic nitrogens is 1. The number of anilines is 3. The van der Waals surface area contributed by atoms with Gasteiger partial charge in [-0.25, -0.2) is 0 Å². The molecule has 1 aromatic heterocycles. The lowest BCUT2D eigenvalue weighted by Crippen LogP contribution is -2.32. The lowest BCUT2D eigenvalue weighted by Gasteiger charge is -2.40. The van der Waals surface area contributed by atoms with Gasteiger partial charge in [0.05, 0.1) is 21.9 Å². The molecule has 3 heteroatoms. The molecule has 0 fully saturated rings. The summed E-state index contributed by atoms with van der Waals surface area (Å²) in [4.78, 5) is 2.45. The zero-order chi connectivity index (χ0) is 59.8. The van der Waals surface area contributed by atoms with Crippen LogP contribution in [-0.4, -0.2) is 4.57 Å². The van der Waals surface area contributed by atoms with Crippen LogP contribution in [0.1, 0.15) is 44.5 Å². The third kappa shape index (κ3) is 7.38. The first-order valence-electron chi connectivity index (χ1n) is 31.5. The number of fused-ring (bicyclic) bond motifs is 19. The third-order valence-electron chi connectivity index (χ3n) is 20.1. The first kappa shape index (κ1) is 51.3. The van der Waals surface area contributed by atoms with Crippen LogP contribution in [0.25, 0.3) is 93.5 Å². The van der Waals surface area contributed by atoms with Gasteiger partial charge < -0.3 is 14.2 Å². The Kier molecular flexibility index (Phi) is 11.2. The van der Waals surface area contributed by atoms with Gasteiger partial charge >= 0.3 is 0 Å². The van der Waals surface area contributed by atoms with E-state index in [1.807, 2.05) is 0 Å². The van der Waals surface area contributed by atoms with Gasteiger partial charge in [0.2, 0.25) is 0 Å². The molecule has 0 N–H and O–H groups in total. The Morgan fingerprint density at radius 3 is 1.29 bits per heavy atom. The van der Waals surface area contributed by atoms with Crippen LogP contribution >= 0.6 is 0 Å². The fourth-order valence-corrected chi connectivity index (χ4v) is 16.2. The molecular formula is C88H56N2O. The molecule has 0 saturated carbocycles. The Bertz CT molecular complexity index is 5490. The van der Waals surface area contributed by atoms with E-state index in [1.54, 1.807) is 0 Å². The first-order valence-corrected chi connectivity index (χ1v) is 31.5. The number of hydrogen-bond acceptors (Lipinski definition) is 2. The van der Waals surface area contributed by atoms with Crippen LogP contribution in [0.5, 0.6) is 11.5 Å². The molecule has 424 valence electrons. The van der Waals surface area contributed by atoms with E-state index in [9.17, 15) is 0 Å². The van der Waals surface area contributed by atoms with Crippen LogP contribution in [0.3, 0.4) is 0 Å². The van der Waals surface area contributed by atoms with Crippen molar-refractivity contribution < 1.29 is 4.74 Å².